The third kappa shape index (κ3) is 3.19. The normalized spacial score (nSPS) is 20.1. The van der Waals surface area contributed by atoms with Gasteiger partial charge in [-0.2, -0.15) is 0 Å². The lowest BCUT2D eigenvalue weighted by atomic mass is 9.95. The van der Waals surface area contributed by atoms with Gasteiger partial charge in [-0.15, -0.1) is 0 Å². The van der Waals surface area contributed by atoms with Crippen molar-refractivity contribution in [2.75, 3.05) is 6.54 Å². The number of amides is 4. The van der Waals surface area contributed by atoms with Gasteiger partial charge in [-0.1, -0.05) is 24.3 Å². The summed E-state index contributed by atoms with van der Waals surface area (Å²) >= 11 is 0. The summed E-state index contributed by atoms with van der Waals surface area (Å²) in [6.45, 7) is 1.58. The number of imide groups is 1. The molecule has 2 aliphatic heterocycles. The number of benzene rings is 1. The Labute approximate surface area is 144 Å². The van der Waals surface area contributed by atoms with Crippen molar-refractivity contribution in [3.8, 4) is 0 Å². The van der Waals surface area contributed by atoms with Crippen LogP contribution >= 0.6 is 0 Å². The third-order valence-electron chi connectivity index (χ3n) is 4.57. The van der Waals surface area contributed by atoms with Crippen LogP contribution in [-0.4, -0.2) is 52.2 Å². The number of carbonyl (C=O) groups is 4. The van der Waals surface area contributed by atoms with E-state index in [0.29, 0.717) is 13.0 Å². The Bertz CT molecular complexity index is 705. The van der Waals surface area contributed by atoms with Crippen molar-refractivity contribution in [1.29, 1.82) is 0 Å². The van der Waals surface area contributed by atoms with Gasteiger partial charge in [-0.25, -0.2) is 4.79 Å². The van der Waals surface area contributed by atoms with E-state index in [1.807, 2.05) is 24.3 Å². The number of rotatable bonds is 5. The molecule has 1 N–H and O–H groups in total. The van der Waals surface area contributed by atoms with Gasteiger partial charge in [-0.3, -0.25) is 14.5 Å². The molecule has 1 fully saturated rings. The standard InChI is InChI=1S/C17H19N3O5/c1-10(16(23)24)18-14(21)6-7-19-15(22)13-8-11-4-2-3-5-12(11)9-20(13)17(19)25/h2-5,10,13H,6-9H2,1H3,(H,18,21)(H,23,24)/p-1/t10-,13+/m1/s1. The number of urea groups is 1. The van der Waals surface area contributed by atoms with E-state index in [0.717, 1.165) is 16.0 Å². The molecule has 3 rings (SSSR count). The summed E-state index contributed by atoms with van der Waals surface area (Å²) in [6, 6.07) is 5.59. The smallest absolute Gasteiger partial charge is 0.327 e. The minimum atomic E-state index is -1.39. The van der Waals surface area contributed by atoms with E-state index in [1.165, 1.54) is 11.8 Å². The van der Waals surface area contributed by atoms with Crippen LogP contribution in [0, 0.1) is 0 Å². The van der Waals surface area contributed by atoms with Crippen LogP contribution in [0.4, 0.5) is 4.79 Å². The molecule has 0 bridgehead atoms. The molecular formula is C17H18N3O5-. The highest BCUT2D eigenvalue weighted by molar-refractivity contribution is 6.04. The molecular weight excluding hydrogens is 326 g/mol. The van der Waals surface area contributed by atoms with E-state index in [2.05, 4.69) is 5.32 Å². The minimum absolute atomic E-state index is 0.0768. The van der Waals surface area contributed by atoms with Crippen molar-refractivity contribution in [2.24, 2.45) is 0 Å². The Hall–Kier alpha value is -2.90. The van der Waals surface area contributed by atoms with Crippen LogP contribution in [0.3, 0.4) is 0 Å². The van der Waals surface area contributed by atoms with Gasteiger partial charge in [0.25, 0.3) is 5.91 Å². The molecule has 2 heterocycles. The van der Waals surface area contributed by atoms with Crippen molar-refractivity contribution in [1.82, 2.24) is 15.1 Å². The lowest BCUT2D eigenvalue weighted by Crippen LogP contribution is -2.46. The second kappa shape index (κ2) is 6.54. The number of carboxylic acid groups (broad SMARTS) is 1. The second-order valence-electron chi connectivity index (χ2n) is 6.25. The highest BCUT2D eigenvalue weighted by Crippen LogP contribution is 2.29. The summed E-state index contributed by atoms with van der Waals surface area (Å²) in [6.07, 6.45) is 0.313. The van der Waals surface area contributed by atoms with Gasteiger partial charge >= 0.3 is 6.03 Å². The molecule has 0 aliphatic carbocycles. The summed E-state index contributed by atoms with van der Waals surface area (Å²) in [5.41, 5.74) is 2.06. The van der Waals surface area contributed by atoms with Gasteiger partial charge in [0.05, 0.1) is 12.0 Å². The molecule has 0 unspecified atom stereocenters. The van der Waals surface area contributed by atoms with Gasteiger partial charge < -0.3 is 20.1 Å². The van der Waals surface area contributed by atoms with E-state index in [4.69, 9.17) is 0 Å². The molecule has 1 aromatic rings. The first-order chi connectivity index (χ1) is 11.9. The molecule has 2 aliphatic rings. The Morgan fingerprint density at radius 2 is 1.96 bits per heavy atom. The summed E-state index contributed by atoms with van der Waals surface area (Å²) in [7, 11) is 0. The number of hydrogen-bond donors (Lipinski definition) is 1. The van der Waals surface area contributed by atoms with E-state index in [9.17, 15) is 24.3 Å². The molecule has 0 spiro atoms. The topological polar surface area (TPSA) is 110 Å². The quantitative estimate of drug-likeness (QED) is 0.691. The van der Waals surface area contributed by atoms with E-state index in [-0.39, 0.29) is 18.9 Å². The van der Waals surface area contributed by atoms with Crippen molar-refractivity contribution in [3.63, 3.8) is 0 Å². The monoisotopic (exact) mass is 344 g/mol. The maximum absolute atomic E-state index is 12.5. The molecule has 1 aromatic carbocycles. The average Bonchev–Trinajstić information content (AvgIpc) is 2.81. The lowest BCUT2D eigenvalue weighted by molar-refractivity contribution is -0.307. The fraction of sp³-hybridized carbons (Fsp3) is 0.412. The van der Waals surface area contributed by atoms with E-state index < -0.39 is 30.0 Å². The number of fused-ring (bicyclic) bond motifs is 2. The second-order valence-corrected chi connectivity index (χ2v) is 6.25. The van der Waals surface area contributed by atoms with Crippen LogP contribution in [0.1, 0.15) is 24.5 Å². The fourth-order valence-corrected chi connectivity index (χ4v) is 3.17. The first-order valence-corrected chi connectivity index (χ1v) is 8.07. The molecule has 2 atom stereocenters. The fourth-order valence-electron chi connectivity index (χ4n) is 3.17. The Balaban J connectivity index is 1.64. The molecule has 8 heteroatoms. The molecule has 8 nitrogen and oxygen atoms in total. The number of hydrogen-bond acceptors (Lipinski definition) is 5. The van der Waals surface area contributed by atoms with E-state index >= 15 is 0 Å². The maximum Gasteiger partial charge on any atom is 0.327 e. The zero-order valence-corrected chi connectivity index (χ0v) is 13.7. The molecule has 4 amide bonds. The first kappa shape index (κ1) is 16.9. The van der Waals surface area contributed by atoms with Crippen LogP contribution in [-0.2, 0) is 27.3 Å². The van der Waals surface area contributed by atoms with Crippen LogP contribution in [0.15, 0.2) is 24.3 Å². The van der Waals surface area contributed by atoms with Crippen LogP contribution < -0.4 is 10.4 Å². The minimum Gasteiger partial charge on any atom is -0.548 e. The van der Waals surface area contributed by atoms with Gasteiger partial charge in [0.2, 0.25) is 5.91 Å². The summed E-state index contributed by atoms with van der Waals surface area (Å²) in [5, 5.41) is 12.9. The average molecular weight is 344 g/mol. The number of carboxylic acids is 1. The van der Waals surface area contributed by atoms with Crippen LogP contribution in [0.25, 0.3) is 0 Å². The lowest BCUT2D eigenvalue weighted by Gasteiger charge is -2.28. The first-order valence-electron chi connectivity index (χ1n) is 8.07. The Kier molecular flexibility index (Phi) is 4.43. The van der Waals surface area contributed by atoms with Crippen molar-refractivity contribution in [3.05, 3.63) is 35.4 Å². The molecule has 1 saturated heterocycles. The Morgan fingerprint density at radius 1 is 1.28 bits per heavy atom. The molecule has 0 aromatic heterocycles. The zero-order valence-electron chi connectivity index (χ0n) is 13.7. The zero-order chi connectivity index (χ0) is 18.1. The predicted octanol–water partition coefficient (Wildman–Crippen LogP) is -0.980. The molecule has 0 saturated carbocycles. The summed E-state index contributed by atoms with van der Waals surface area (Å²) in [5.74, 6) is -2.26. The number of nitrogens with zero attached hydrogens (tertiary/aromatic N) is 2. The SMILES string of the molecule is C[C@@H](NC(=O)CCN1C(=O)[C@@H]2Cc3ccccc3CN2C1=O)C(=O)[O-]. The molecule has 0 radical (unpaired) electrons. The summed E-state index contributed by atoms with van der Waals surface area (Å²) in [4.78, 5) is 50.0. The van der Waals surface area contributed by atoms with Gasteiger partial charge in [0, 0.05) is 25.9 Å². The number of carbonyl (C=O) groups excluding carboxylic acids is 4. The maximum atomic E-state index is 12.5. The predicted molar refractivity (Wildman–Crippen MR) is 83.8 cm³/mol. The number of nitrogens with one attached hydrogen (secondary N) is 1. The highest BCUT2D eigenvalue weighted by Gasteiger charge is 2.46. The van der Waals surface area contributed by atoms with Crippen molar-refractivity contribution >= 4 is 23.8 Å². The molecule has 132 valence electrons. The van der Waals surface area contributed by atoms with Crippen LogP contribution in [0.5, 0.6) is 0 Å². The third-order valence-corrected chi connectivity index (χ3v) is 4.57. The highest BCUT2D eigenvalue weighted by atomic mass is 16.4. The van der Waals surface area contributed by atoms with E-state index in [1.54, 1.807) is 0 Å². The van der Waals surface area contributed by atoms with Crippen LogP contribution in [0.2, 0.25) is 0 Å². The number of aliphatic carboxylic acids is 1. The van der Waals surface area contributed by atoms with Gasteiger partial charge in [-0.05, 0) is 18.1 Å². The largest absolute Gasteiger partial charge is 0.548 e. The Morgan fingerprint density at radius 3 is 2.64 bits per heavy atom. The molecule has 25 heavy (non-hydrogen) atoms. The summed E-state index contributed by atoms with van der Waals surface area (Å²) < 4.78 is 0. The van der Waals surface area contributed by atoms with Crippen molar-refractivity contribution < 1.29 is 24.3 Å². The van der Waals surface area contributed by atoms with Crippen molar-refractivity contribution in [2.45, 2.75) is 38.4 Å². The van der Waals surface area contributed by atoms with Gasteiger partial charge in [0.15, 0.2) is 0 Å². The van der Waals surface area contributed by atoms with Gasteiger partial charge in [0.1, 0.15) is 6.04 Å².